The third kappa shape index (κ3) is 2.93. The Hall–Kier alpha value is -1.87. The average molecular weight is 300 g/mol. The fraction of sp³-hybridized carbons (Fsp3) is 0.294. The highest BCUT2D eigenvalue weighted by molar-refractivity contribution is 6.34. The van der Waals surface area contributed by atoms with Crippen molar-refractivity contribution in [3.8, 4) is 0 Å². The summed E-state index contributed by atoms with van der Waals surface area (Å²) in [6, 6.07) is 6.15. The van der Waals surface area contributed by atoms with Crippen molar-refractivity contribution in [1.29, 1.82) is 0 Å². The van der Waals surface area contributed by atoms with E-state index in [9.17, 15) is 0 Å². The number of nitrogens with zero attached hydrogens (tertiary/aromatic N) is 2. The van der Waals surface area contributed by atoms with Gasteiger partial charge in [-0.25, -0.2) is 4.99 Å². The standard InChI is InChI=1S/C17H18ClN3/c1-10-7-14(12-3-4-12)16(8-11(10)2)21-17(19)13-5-6-20-9-15(13)18/h5-9,12H,3-4H2,1-2H3,(H2,19,21). The van der Waals surface area contributed by atoms with Gasteiger partial charge >= 0.3 is 0 Å². The number of hydrogen-bond acceptors (Lipinski definition) is 2. The Kier molecular flexibility index (Phi) is 3.68. The maximum Gasteiger partial charge on any atom is 0.132 e. The van der Waals surface area contributed by atoms with Crippen LogP contribution < -0.4 is 5.73 Å². The molecule has 0 aliphatic heterocycles. The summed E-state index contributed by atoms with van der Waals surface area (Å²) in [5.41, 5.74) is 11.7. The third-order valence-corrected chi connectivity index (χ3v) is 4.25. The van der Waals surface area contributed by atoms with Gasteiger partial charge in [-0.1, -0.05) is 17.7 Å². The van der Waals surface area contributed by atoms with Crippen LogP contribution in [-0.4, -0.2) is 10.8 Å². The molecular formula is C17H18ClN3. The summed E-state index contributed by atoms with van der Waals surface area (Å²) >= 11 is 6.13. The summed E-state index contributed by atoms with van der Waals surface area (Å²) in [6.45, 7) is 4.23. The van der Waals surface area contributed by atoms with Crippen molar-refractivity contribution >= 4 is 23.1 Å². The summed E-state index contributed by atoms with van der Waals surface area (Å²) in [6.07, 6.45) is 5.73. The normalized spacial score (nSPS) is 15.3. The van der Waals surface area contributed by atoms with Crippen molar-refractivity contribution < 1.29 is 0 Å². The van der Waals surface area contributed by atoms with Gasteiger partial charge < -0.3 is 5.73 Å². The van der Waals surface area contributed by atoms with E-state index in [4.69, 9.17) is 17.3 Å². The monoisotopic (exact) mass is 299 g/mol. The zero-order chi connectivity index (χ0) is 15.0. The molecule has 2 aromatic rings. The molecule has 1 aliphatic rings. The second-order valence-electron chi connectivity index (χ2n) is 5.62. The minimum absolute atomic E-state index is 0.438. The molecule has 0 spiro atoms. The van der Waals surface area contributed by atoms with Crippen LogP contribution in [0, 0.1) is 13.8 Å². The van der Waals surface area contributed by atoms with E-state index in [2.05, 4.69) is 36.0 Å². The molecule has 3 nitrogen and oxygen atoms in total. The number of rotatable bonds is 3. The van der Waals surface area contributed by atoms with E-state index in [1.807, 2.05) is 0 Å². The Morgan fingerprint density at radius 1 is 1.29 bits per heavy atom. The number of amidine groups is 1. The molecule has 0 bridgehead atoms. The van der Waals surface area contributed by atoms with E-state index in [1.165, 1.54) is 29.5 Å². The van der Waals surface area contributed by atoms with Crippen molar-refractivity contribution in [2.45, 2.75) is 32.6 Å². The quantitative estimate of drug-likeness (QED) is 0.680. The van der Waals surface area contributed by atoms with Crippen LogP contribution in [0.1, 0.15) is 41.0 Å². The van der Waals surface area contributed by atoms with E-state index in [-0.39, 0.29) is 0 Å². The molecule has 1 saturated carbocycles. The molecule has 1 heterocycles. The molecule has 108 valence electrons. The Labute approximate surface area is 129 Å². The van der Waals surface area contributed by atoms with Crippen LogP contribution in [0.3, 0.4) is 0 Å². The topological polar surface area (TPSA) is 51.3 Å². The molecule has 1 aromatic carbocycles. The Balaban J connectivity index is 2.06. The van der Waals surface area contributed by atoms with Gasteiger partial charge in [-0.15, -0.1) is 0 Å². The van der Waals surface area contributed by atoms with Crippen LogP contribution in [0.2, 0.25) is 5.02 Å². The second-order valence-corrected chi connectivity index (χ2v) is 6.03. The number of halogens is 1. The van der Waals surface area contributed by atoms with Crippen molar-refractivity contribution in [2.24, 2.45) is 10.7 Å². The van der Waals surface area contributed by atoms with Crippen LogP contribution in [0.5, 0.6) is 0 Å². The molecule has 0 unspecified atom stereocenters. The zero-order valence-corrected chi connectivity index (χ0v) is 13.0. The molecule has 4 heteroatoms. The predicted molar refractivity (Wildman–Crippen MR) is 87.5 cm³/mol. The Bertz CT molecular complexity index is 718. The molecule has 2 N–H and O–H groups in total. The van der Waals surface area contributed by atoms with E-state index in [0.29, 0.717) is 16.8 Å². The van der Waals surface area contributed by atoms with E-state index in [0.717, 1.165) is 11.3 Å². The lowest BCUT2D eigenvalue weighted by Gasteiger charge is -2.10. The summed E-state index contributed by atoms with van der Waals surface area (Å²) in [7, 11) is 0. The Morgan fingerprint density at radius 2 is 2.00 bits per heavy atom. The summed E-state index contributed by atoms with van der Waals surface area (Å²) < 4.78 is 0. The number of nitrogens with two attached hydrogens (primary N) is 1. The van der Waals surface area contributed by atoms with Gasteiger partial charge in [0.25, 0.3) is 0 Å². The summed E-state index contributed by atoms with van der Waals surface area (Å²) in [5, 5.41) is 0.524. The van der Waals surface area contributed by atoms with Gasteiger partial charge in [0.2, 0.25) is 0 Å². The van der Waals surface area contributed by atoms with Crippen molar-refractivity contribution in [2.75, 3.05) is 0 Å². The zero-order valence-electron chi connectivity index (χ0n) is 12.2. The second kappa shape index (κ2) is 5.49. The number of aryl methyl sites for hydroxylation is 2. The smallest absolute Gasteiger partial charge is 0.132 e. The van der Waals surface area contributed by atoms with Gasteiger partial charge in [0.05, 0.1) is 10.7 Å². The lowest BCUT2D eigenvalue weighted by Crippen LogP contribution is -2.13. The maximum atomic E-state index is 6.14. The molecule has 0 atom stereocenters. The van der Waals surface area contributed by atoms with Gasteiger partial charge in [0.15, 0.2) is 0 Å². The molecule has 0 saturated heterocycles. The van der Waals surface area contributed by atoms with Crippen LogP contribution >= 0.6 is 11.6 Å². The van der Waals surface area contributed by atoms with Crippen LogP contribution in [0.25, 0.3) is 0 Å². The first-order chi connectivity index (χ1) is 10.1. The minimum atomic E-state index is 0.438. The molecule has 21 heavy (non-hydrogen) atoms. The minimum Gasteiger partial charge on any atom is -0.383 e. The molecule has 1 aromatic heterocycles. The van der Waals surface area contributed by atoms with Gasteiger partial charge in [0.1, 0.15) is 5.84 Å². The highest BCUT2D eigenvalue weighted by atomic mass is 35.5. The first kappa shape index (κ1) is 14.1. The largest absolute Gasteiger partial charge is 0.383 e. The number of benzene rings is 1. The third-order valence-electron chi connectivity index (χ3n) is 3.95. The summed E-state index contributed by atoms with van der Waals surface area (Å²) in [5.74, 6) is 1.07. The van der Waals surface area contributed by atoms with E-state index >= 15 is 0 Å². The van der Waals surface area contributed by atoms with Crippen LogP contribution in [0.15, 0.2) is 35.6 Å². The van der Waals surface area contributed by atoms with Crippen LogP contribution in [0.4, 0.5) is 5.69 Å². The average Bonchev–Trinajstić information content (AvgIpc) is 3.27. The Morgan fingerprint density at radius 3 is 2.67 bits per heavy atom. The lowest BCUT2D eigenvalue weighted by atomic mass is 10.0. The molecular weight excluding hydrogens is 282 g/mol. The van der Waals surface area contributed by atoms with Gasteiger partial charge in [-0.3, -0.25) is 4.98 Å². The first-order valence-corrected chi connectivity index (χ1v) is 7.49. The predicted octanol–water partition coefficient (Wildman–Crippen LogP) is 4.27. The highest BCUT2D eigenvalue weighted by Gasteiger charge is 2.26. The fourth-order valence-electron chi connectivity index (χ4n) is 2.41. The lowest BCUT2D eigenvalue weighted by molar-refractivity contribution is 1.10. The number of aliphatic imine (C=N–C) groups is 1. The van der Waals surface area contributed by atoms with E-state index < -0.39 is 0 Å². The maximum absolute atomic E-state index is 6.14. The van der Waals surface area contributed by atoms with Crippen molar-refractivity contribution in [3.05, 3.63) is 57.9 Å². The number of aromatic nitrogens is 1. The van der Waals surface area contributed by atoms with Crippen molar-refractivity contribution in [1.82, 2.24) is 4.98 Å². The fourth-order valence-corrected chi connectivity index (χ4v) is 2.63. The van der Waals surface area contributed by atoms with Gasteiger partial charge in [-0.05, 0) is 61.4 Å². The van der Waals surface area contributed by atoms with Gasteiger partial charge in [0, 0.05) is 18.0 Å². The van der Waals surface area contributed by atoms with Gasteiger partial charge in [-0.2, -0.15) is 0 Å². The molecule has 1 fully saturated rings. The molecule has 3 rings (SSSR count). The molecule has 0 amide bonds. The summed E-state index contributed by atoms with van der Waals surface area (Å²) in [4.78, 5) is 8.61. The SMILES string of the molecule is Cc1cc(N=C(N)c2ccncc2Cl)c(C2CC2)cc1C. The molecule has 0 radical (unpaired) electrons. The van der Waals surface area contributed by atoms with Crippen LogP contribution in [-0.2, 0) is 0 Å². The highest BCUT2D eigenvalue weighted by Crippen LogP contribution is 2.45. The van der Waals surface area contributed by atoms with E-state index in [1.54, 1.807) is 18.5 Å². The number of hydrogen-bond donors (Lipinski definition) is 1. The first-order valence-electron chi connectivity index (χ1n) is 7.11. The number of pyridine rings is 1. The van der Waals surface area contributed by atoms with Crippen molar-refractivity contribution in [3.63, 3.8) is 0 Å². The molecule has 1 aliphatic carbocycles.